The summed E-state index contributed by atoms with van der Waals surface area (Å²) < 4.78 is 2.51. The van der Waals surface area contributed by atoms with Crippen molar-refractivity contribution in [1.29, 1.82) is 0 Å². The third-order valence-electron chi connectivity index (χ3n) is 0.649. The quantitative estimate of drug-likeness (QED) is 0.706. The summed E-state index contributed by atoms with van der Waals surface area (Å²) in [7, 11) is 0. The Hall–Kier alpha value is 0.740. The predicted octanol–water partition coefficient (Wildman–Crippen LogP) is 2.22. The van der Waals surface area contributed by atoms with Crippen LogP contribution in [0.25, 0.3) is 0 Å². The van der Waals surface area contributed by atoms with Gasteiger partial charge in [-0.05, 0) is 51.2 Å². The number of nitrogens with one attached hydrogen (secondary N) is 1. The molecule has 0 amide bonds. The zero-order chi connectivity index (χ0) is 5.28. The largest absolute Gasteiger partial charge is 0.356 e. The summed E-state index contributed by atoms with van der Waals surface area (Å²) >= 11 is 4.54. The van der Waals surface area contributed by atoms with Crippen molar-refractivity contribution in [3.63, 3.8) is 0 Å². The maximum absolute atomic E-state index is 3.05. The van der Waals surface area contributed by atoms with Crippen LogP contribution in [-0.4, -0.2) is 4.98 Å². The molecule has 38 valence electrons. The van der Waals surface area contributed by atoms with Gasteiger partial charge in [-0.15, -0.1) is 0 Å². The molecule has 1 N–H and O–H groups in total. The van der Waals surface area contributed by atoms with Crippen LogP contribution < -0.4 is 0 Å². The smallest absolute Gasteiger partial charge is 0.0907 e. The fourth-order valence-corrected chi connectivity index (χ4v) is 1.03. The van der Waals surface area contributed by atoms with Crippen LogP contribution >= 0.6 is 45.2 Å². The second-order valence-electron chi connectivity index (χ2n) is 1.14. The maximum Gasteiger partial charge on any atom is 0.0907 e. The normalized spacial score (nSPS) is 9.43. The number of H-pyrrole nitrogens is 1. The molecule has 0 aliphatic heterocycles. The van der Waals surface area contributed by atoms with Gasteiger partial charge in [0.15, 0.2) is 0 Å². The molecule has 0 aromatic carbocycles. The molecule has 1 nitrogen and oxygen atoms in total. The van der Waals surface area contributed by atoms with Gasteiger partial charge in [-0.25, -0.2) is 0 Å². The molecule has 1 aromatic heterocycles. The van der Waals surface area contributed by atoms with Crippen molar-refractivity contribution in [2.24, 2.45) is 0 Å². The molecule has 0 saturated carbocycles. The maximum atomic E-state index is 3.05. The van der Waals surface area contributed by atoms with E-state index < -0.39 is 0 Å². The van der Waals surface area contributed by atoms with Gasteiger partial charge in [0, 0.05) is 9.77 Å². The second kappa shape index (κ2) is 2.34. The standard InChI is InChI=1S/C4H3I2N/c5-3-1-2-7-4(3)6/h1-2,7H. The molecule has 1 heterocycles. The number of aromatic nitrogens is 1. The van der Waals surface area contributed by atoms with Crippen molar-refractivity contribution in [1.82, 2.24) is 4.98 Å². The van der Waals surface area contributed by atoms with Crippen LogP contribution in [0.1, 0.15) is 0 Å². The van der Waals surface area contributed by atoms with Gasteiger partial charge in [-0.3, -0.25) is 0 Å². The Morgan fingerprint density at radius 3 is 2.29 bits per heavy atom. The first-order valence-electron chi connectivity index (χ1n) is 1.79. The van der Waals surface area contributed by atoms with Crippen molar-refractivity contribution in [3.8, 4) is 0 Å². The topological polar surface area (TPSA) is 15.8 Å². The third-order valence-corrected chi connectivity index (χ3v) is 3.47. The van der Waals surface area contributed by atoms with E-state index in [0.29, 0.717) is 0 Å². The molecule has 7 heavy (non-hydrogen) atoms. The van der Waals surface area contributed by atoms with Crippen molar-refractivity contribution in [2.45, 2.75) is 0 Å². The fraction of sp³-hybridized carbons (Fsp3) is 0. The molecular formula is C4H3I2N. The van der Waals surface area contributed by atoms with Gasteiger partial charge >= 0.3 is 0 Å². The van der Waals surface area contributed by atoms with Gasteiger partial charge in [0.2, 0.25) is 0 Å². The first-order chi connectivity index (χ1) is 3.30. The number of hydrogen-bond acceptors (Lipinski definition) is 0. The first-order valence-corrected chi connectivity index (χ1v) is 3.95. The number of hydrogen-bond donors (Lipinski definition) is 1. The molecule has 0 radical (unpaired) electrons. The minimum atomic E-state index is 1.22. The van der Waals surface area contributed by atoms with Crippen molar-refractivity contribution < 1.29 is 0 Å². The summed E-state index contributed by atoms with van der Waals surface area (Å²) in [4.78, 5) is 3.05. The third kappa shape index (κ3) is 1.31. The molecule has 0 aliphatic rings. The van der Waals surface area contributed by atoms with Gasteiger partial charge in [0.1, 0.15) is 0 Å². The van der Waals surface area contributed by atoms with Crippen LogP contribution in [0.15, 0.2) is 12.3 Å². The molecule has 0 spiro atoms. The summed E-state index contributed by atoms with van der Waals surface area (Å²) in [6.45, 7) is 0. The van der Waals surface area contributed by atoms with E-state index in [0.717, 1.165) is 0 Å². The SMILES string of the molecule is Ic1cc[nH]c1I. The fourth-order valence-electron chi connectivity index (χ4n) is 0.330. The minimum absolute atomic E-state index is 1.22. The Morgan fingerprint density at radius 1 is 1.43 bits per heavy atom. The van der Waals surface area contributed by atoms with Gasteiger partial charge in [0.05, 0.1) is 3.70 Å². The summed E-state index contributed by atoms with van der Waals surface area (Å²) in [5, 5.41) is 0. The zero-order valence-electron chi connectivity index (χ0n) is 3.41. The molecule has 3 heteroatoms. The Balaban J connectivity index is 3.12. The molecular weight excluding hydrogens is 316 g/mol. The minimum Gasteiger partial charge on any atom is -0.356 e. The monoisotopic (exact) mass is 319 g/mol. The number of rotatable bonds is 0. The lowest BCUT2D eigenvalue weighted by Crippen LogP contribution is -1.66. The second-order valence-corrected chi connectivity index (χ2v) is 3.38. The molecule has 1 rings (SSSR count). The average Bonchev–Trinajstić information content (AvgIpc) is 1.91. The molecule has 0 fully saturated rings. The molecule has 0 saturated heterocycles. The molecule has 0 unspecified atom stereocenters. The van der Waals surface area contributed by atoms with Gasteiger partial charge in [-0.2, -0.15) is 0 Å². The highest BCUT2D eigenvalue weighted by Crippen LogP contribution is 2.10. The van der Waals surface area contributed by atoms with Gasteiger partial charge in [0.25, 0.3) is 0 Å². The van der Waals surface area contributed by atoms with E-state index in [4.69, 9.17) is 0 Å². The Bertz CT molecular complexity index is 142. The average molecular weight is 319 g/mol. The lowest BCUT2D eigenvalue weighted by molar-refractivity contribution is 1.35. The van der Waals surface area contributed by atoms with E-state index in [9.17, 15) is 0 Å². The molecule has 1 aromatic rings. The van der Waals surface area contributed by atoms with Gasteiger partial charge < -0.3 is 4.98 Å². The Labute approximate surface area is 69.2 Å². The highest BCUT2D eigenvalue weighted by Gasteiger charge is 1.89. The summed E-state index contributed by atoms with van der Waals surface area (Å²) in [6.07, 6.45) is 1.93. The van der Waals surface area contributed by atoms with E-state index in [-0.39, 0.29) is 0 Å². The van der Waals surface area contributed by atoms with E-state index in [1.54, 1.807) is 0 Å². The van der Waals surface area contributed by atoms with Crippen LogP contribution in [0.4, 0.5) is 0 Å². The van der Waals surface area contributed by atoms with Crippen molar-refractivity contribution in [2.75, 3.05) is 0 Å². The van der Waals surface area contributed by atoms with E-state index >= 15 is 0 Å². The highest BCUT2D eigenvalue weighted by atomic mass is 127. The van der Waals surface area contributed by atoms with Crippen molar-refractivity contribution in [3.05, 3.63) is 19.5 Å². The number of aromatic amines is 1. The van der Waals surface area contributed by atoms with Crippen LogP contribution in [0.2, 0.25) is 0 Å². The lowest BCUT2D eigenvalue weighted by atomic mass is 10.7. The lowest BCUT2D eigenvalue weighted by Gasteiger charge is -1.76. The molecule has 0 bridgehead atoms. The highest BCUT2D eigenvalue weighted by molar-refractivity contribution is 14.1. The zero-order valence-corrected chi connectivity index (χ0v) is 7.73. The molecule has 0 atom stereocenters. The summed E-state index contributed by atoms with van der Waals surface area (Å²) in [5.74, 6) is 0. The number of halogens is 2. The van der Waals surface area contributed by atoms with E-state index in [1.165, 1.54) is 7.27 Å². The predicted molar refractivity (Wildman–Crippen MR) is 46.2 cm³/mol. The Kier molecular flexibility index (Phi) is 1.96. The molecule has 0 aliphatic carbocycles. The van der Waals surface area contributed by atoms with E-state index in [2.05, 4.69) is 50.2 Å². The van der Waals surface area contributed by atoms with Crippen LogP contribution in [0, 0.1) is 7.27 Å². The van der Waals surface area contributed by atoms with Crippen LogP contribution in [0.3, 0.4) is 0 Å². The summed E-state index contributed by atoms with van der Waals surface area (Å²) in [5.41, 5.74) is 0. The van der Waals surface area contributed by atoms with Gasteiger partial charge in [-0.1, -0.05) is 0 Å². The van der Waals surface area contributed by atoms with Crippen LogP contribution in [0.5, 0.6) is 0 Å². The van der Waals surface area contributed by atoms with Crippen LogP contribution in [-0.2, 0) is 0 Å². The summed E-state index contributed by atoms with van der Waals surface area (Å²) in [6, 6.07) is 2.04. The van der Waals surface area contributed by atoms with Crippen molar-refractivity contribution >= 4 is 45.2 Å². The first kappa shape index (κ1) is 5.87. The van der Waals surface area contributed by atoms with E-state index in [1.807, 2.05) is 12.3 Å². The Morgan fingerprint density at radius 2 is 2.14 bits per heavy atom.